The second kappa shape index (κ2) is 9.00. The van der Waals surface area contributed by atoms with E-state index in [1.807, 2.05) is 42.5 Å². The minimum atomic E-state index is 0.521. The molecule has 0 unspecified atom stereocenters. The van der Waals surface area contributed by atoms with Gasteiger partial charge in [-0.25, -0.2) is 0 Å². The highest BCUT2D eigenvalue weighted by atomic mass is 35.5. The first-order valence-corrected chi connectivity index (χ1v) is 10.1. The van der Waals surface area contributed by atoms with Crippen LogP contribution in [0.3, 0.4) is 0 Å². The molecule has 0 radical (unpaired) electrons. The Morgan fingerprint density at radius 2 is 1.79 bits per heavy atom. The molecular weight excluding hydrogens is 382 g/mol. The monoisotopic (exact) mass is 403 g/mol. The summed E-state index contributed by atoms with van der Waals surface area (Å²) in [5.74, 6) is 1.27. The second-order valence-electron chi connectivity index (χ2n) is 7.02. The van der Waals surface area contributed by atoms with Gasteiger partial charge in [-0.1, -0.05) is 41.9 Å². The average molecular weight is 404 g/mol. The molecule has 4 nitrogen and oxygen atoms in total. The lowest BCUT2D eigenvalue weighted by atomic mass is 10.0. The van der Waals surface area contributed by atoms with Crippen LogP contribution in [-0.4, -0.2) is 13.1 Å². The summed E-state index contributed by atoms with van der Waals surface area (Å²) in [5, 5.41) is 16.9. The van der Waals surface area contributed by atoms with Gasteiger partial charge in [0.15, 0.2) is 0 Å². The van der Waals surface area contributed by atoms with Crippen molar-refractivity contribution in [2.75, 3.05) is 18.4 Å². The Kier molecular flexibility index (Phi) is 6.00. The molecule has 1 aliphatic heterocycles. The molecule has 0 amide bonds. The highest BCUT2D eigenvalue weighted by Crippen LogP contribution is 2.31. The zero-order chi connectivity index (χ0) is 20.1. The van der Waals surface area contributed by atoms with Crippen LogP contribution in [0.25, 0.3) is 0 Å². The Bertz CT molecular complexity index is 1040. The number of nitriles is 1. The van der Waals surface area contributed by atoms with E-state index in [0.29, 0.717) is 23.6 Å². The maximum atomic E-state index is 9.19. The van der Waals surface area contributed by atoms with Crippen molar-refractivity contribution < 1.29 is 4.74 Å². The van der Waals surface area contributed by atoms with Crippen LogP contribution in [0.1, 0.15) is 22.3 Å². The van der Waals surface area contributed by atoms with Crippen LogP contribution in [0.15, 0.2) is 60.7 Å². The van der Waals surface area contributed by atoms with Gasteiger partial charge in [0.05, 0.1) is 16.3 Å². The first-order valence-electron chi connectivity index (χ1n) is 9.75. The lowest BCUT2D eigenvalue weighted by Gasteiger charge is -2.16. The topological polar surface area (TPSA) is 57.1 Å². The van der Waals surface area contributed by atoms with Crippen LogP contribution in [-0.2, 0) is 19.4 Å². The fourth-order valence-electron chi connectivity index (χ4n) is 3.58. The Hall–Kier alpha value is -3.00. The van der Waals surface area contributed by atoms with Gasteiger partial charge in [-0.05, 0) is 73.0 Å². The van der Waals surface area contributed by atoms with Gasteiger partial charge < -0.3 is 15.4 Å². The van der Waals surface area contributed by atoms with Gasteiger partial charge in [-0.3, -0.25) is 0 Å². The van der Waals surface area contributed by atoms with Crippen molar-refractivity contribution in [1.29, 1.82) is 5.26 Å². The molecule has 0 aliphatic carbocycles. The summed E-state index contributed by atoms with van der Waals surface area (Å²) >= 11 is 6.50. The van der Waals surface area contributed by atoms with Gasteiger partial charge >= 0.3 is 0 Å². The predicted octanol–water partition coefficient (Wildman–Crippen LogP) is 5.30. The predicted molar refractivity (Wildman–Crippen MR) is 117 cm³/mol. The molecule has 0 aromatic heterocycles. The summed E-state index contributed by atoms with van der Waals surface area (Å²) in [4.78, 5) is 0. The van der Waals surface area contributed by atoms with E-state index in [9.17, 15) is 5.26 Å². The van der Waals surface area contributed by atoms with E-state index < -0.39 is 0 Å². The maximum Gasteiger partial charge on any atom is 0.145 e. The SMILES string of the molecule is N#Cc1ccccc1Oc1ccc(CNc2c(Cl)ccc3c2CCNCC3)cc1. The first-order chi connectivity index (χ1) is 14.2. The van der Waals surface area contributed by atoms with Crippen LogP contribution in [0.4, 0.5) is 5.69 Å². The van der Waals surface area contributed by atoms with Crippen molar-refractivity contribution in [3.63, 3.8) is 0 Å². The van der Waals surface area contributed by atoms with Crippen molar-refractivity contribution in [2.24, 2.45) is 0 Å². The van der Waals surface area contributed by atoms with Crippen molar-refractivity contribution >= 4 is 17.3 Å². The third-order valence-corrected chi connectivity index (χ3v) is 5.42. The third-order valence-electron chi connectivity index (χ3n) is 5.11. The summed E-state index contributed by atoms with van der Waals surface area (Å²) < 4.78 is 5.85. The molecule has 0 atom stereocenters. The number of nitrogens with one attached hydrogen (secondary N) is 2. The molecule has 0 spiro atoms. The smallest absolute Gasteiger partial charge is 0.145 e. The van der Waals surface area contributed by atoms with E-state index in [0.717, 1.165) is 42.2 Å². The second-order valence-corrected chi connectivity index (χ2v) is 7.42. The van der Waals surface area contributed by atoms with E-state index in [4.69, 9.17) is 16.3 Å². The van der Waals surface area contributed by atoms with Crippen LogP contribution in [0.5, 0.6) is 11.5 Å². The minimum Gasteiger partial charge on any atom is -0.456 e. The number of halogens is 1. The fraction of sp³-hybridized carbons (Fsp3) is 0.208. The number of anilines is 1. The van der Waals surface area contributed by atoms with Crippen LogP contribution in [0.2, 0.25) is 5.02 Å². The van der Waals surface area contributed by atoms with Crippen molar-refractivity contribution in [3.05, 3.63) is 87.9 Å². The molecule has 3 aromatic carbocycles. The molecule has 5 heteroatoms. The van der Waals surface area contributed by atoms with E-state index >= 15 is 0 Å². The Morgan fingerprint density at radius 1 is 1.00 bits per heavy atom. The average Bonchev–Trinajstić information content (AvgIpc) is 3.00. The number of benzene rings is 3. The van der Waals surface area contributed by atoms with E-state index in [1.54, 1.807) is 12.1 Å². The molecule has 146 valence electrons. The first kappa shape index (κ1) is 19.3. The Balaban J connectivity index is 1.46. The highest BCUT2D eigenvalue weighted by molar-refractivity contribution is 6.33. The van der Waals surface area contributed by atoms with Gasteiger partial charge in [-0.15, -0.1) is 0 Å². The largest absolute Gasteiger partial charge is 0.456 e. The van der Waals surface area contributed by atoms with E-state index in [-0.39, 0.29) is 0 Å². The zero-order valence-electron chi connectivity index (χ0n) is 16.0. The number of nitrogens with zero attached hydrogens (tertiary/aromatic N) is 1. The molecule has 0 saturated heterocycles. The Morgan fingerprint density at radius 3 is 2.62 bits per heavy atom. The third kappa shape index (κ3) is 4.54. The molecule has 1 heterocycles. The number of fused-ring (bicyclic) bond motifs is 1. The summed E-state index contributed by atoms with van der Waals surface area (Å²) in [5.41, 5.74) is 5.37. The normalized spacial score (nSPS) is 13.1. The number of para-hydroxylation sites is 1. The van der Waals surface area contributed by atoms with Crippen LogP contribution in [0, 0.1) is 11.3 Å². The molecule has 4 rings (SSSR count). The molecule has 3 aromatic rings. The fourth-order valence-corrected chi connectivity index (χ4v) is 3.82. The van der Waals surface area contributed by atoms with E-state index in [1.165, 1.54) is 11.1 Å². The van der Waals surface area contributed by atoms with Crippen LogP contribution >= 0.6 is 11.6 Å². The lowest BCUT2D eigenvalue weighted by molar-refractivity contribution is 0.481. The van der Waals surface area contributed by atoms with E-state index in [2.05, 4.69) is 22.8 Å². The standard InChI is InChI=1S/C24H22ClN3O/c25-22-10-7-18-11-13-27-14-12-21(18)24(22)28-16-17-5-8-20(9-6-17)29-23-4-2-1-3-19(23)15-26/h1-10,27-28H,11-14,16H2. The quantitative estimate of drug-likeness (QED) is 0.606. The molecule has 0 saturated carbocycles. The summed E-state index contributed by atoms with van der Waals surface area (Å²) in [6.07, 6.45) is 2.00. The van der Waals surface area contributed by atoms with Gasteiger partial charge in [0.1, 0.15) is 17.6 Å². The van der Waals surface area contributed by atoms with Gasteiger partial charge in [0.2, 0.25) is 0 Å². The molecule has 0 fully saturated rings. The lowest BCUT2D eigenvalue weighted by Crippen LogP contribution is -2.16. The van der Waals surface area contributed by atoms with Crippen molar-refractivity contribution in [2.45, 2.75) is 19.4 Å². The van der Waals surface area contributed by atoms with Gasteiger partial charge in [-0.2, -0.15) is 5.26 Å². The van der Waals surface area contributed by atoms with Crippen molar-refractivity contribution in [3.8, 4) is 17.6 Å². The van der Waals surface area contributed by atoms with Crippen molar-refractivity contribution in [1.82, 2.24) is 5.32 Å². The number of hydrogen-bond donors (Lipinski definition) is 2. The molecule has 29 heavy (non-hydrogen) atoms. The number of ether oxygens (including phenoxy) is 1. The molecular formula is C24H22ClN3O. The minimum absolute atomic E-state index is 0.521. The maximum absolute atomic E-state index is 9.19. The summed E-state index contributed by atoms with van der Waals surface area (Å²) in [7, 11) is 0. The molecule has 1 aliphatic rings. The Labute approximate surface area is 176 Å². The highest BCUT2D eigenvalue weighted by Gasteiger charge is 2.14. The number of rotatable bonds is 5. The van der Waals surface area contributed by atoms with Gasteiger partial charge in [0.25, 0.3) is 0 Å². The summed E-state index contributed by atoms with van der Waals surface area (Å²) in [6.45, 7) is 2.65. The van der Waals surface area contributed by atoms with Crippen LogP contribution < -0.4 is 15.4 Å². The zero-order valence-corrected chi connectivity index (χ0v) is 16.8. The molecule has 0 bridgehead atoms. The number of hydrogen-bond acceptors (Lipinski definition) is 4. The molecule has 2 N–H and O–H groups in total. The van der Waals surface area contributed by atoms with Gasteiger partial charge in [0, 0.05) is 6.54 Å². The summed E-state index contributed by atoms with van der Waals surface area (Å²) in [6, 6.07) is 21.4.